The molecule has 0 bridgehead atoms. The molecule has 0 radical (unpaired) electrons. The molecule has 33 heavy (non-hydrogen) atoms. The Labute approximate surface area is 196 Å². The summed E-state index contributed by atoms with van der Waals surface area (Å²) in [5, 5.41) is 12.6. The van der Waals surface area contributed by atoms with Gasteiger partial charge in [0.2, 0.25) is 5.91 Å². The summed E-state index contributed by atoms with van der Waals surface area (Å²) in [6, 6.07) is 7.42. The van der Waals surface area contributed by atoms with Crippen LogP contribution in [0.5, 0.6) is 5.75 Å². The van der Waals surface area contributed by atoms with Gasteiger partial charge >= 0.3 is 6.09 Å². The SMILES string of the molecule is CC(=O)Nc1cc(-c2ccc(OCC(C)(CC(C)C)N(C(=O)O)C(C)(C)C)c(C)c2)ncn1. The Morgan fingerprint density at radius 3 is 2.33 bits per heavy atom. The van der Waals surface area contributed by atoms with Crippen molar-refractivity contribution >= 4 is 17.8 Å². The first kappa shape index (κ1) is 26.1. The van der Waals surface area contributed by atoms with Gasteiger partial charge in [-0.05, 0) is 70.7 Å². The van der Waals surface area contributed by atoms with E-state index in [9.17, 15) is 14.7 Å². The molecule has 1 aromatic carbocycles. The van der Waals surface area contributed by atoms with Crippen molar-refractivity contribution in [1.29, 1.82) is 0 Å². The maximum absolute atomic E-state index is 12.2. The average Bonchev–Trinajstić information content (AvgIpc) is 2.64. The topological polar surface area (TPSA) is 105 Å². The number of carbonyl (C=O) groups excluding carboxylic acids is 1. The highest BCUT2D eigenvalue weighted by Crippen LogP contribution is 2.33. The average molecular weight is 457 g/mol. The van der Waals surface area contributed by atoms with Crippen LogP contribution in [0.1, 0.15) is 60.5 Å². The highest BCUT2D eigenvalue weighted by atomic mass is 16.5. The molecule has 1 heterocycles. The van der Waals surface area contributed by atoms with Gasteiger partial charge < -0.3 is 15.2 Å². The van der Waals surface area contributed by atoms with E-state index < -0.39 is 17.2 Å². The highest BCUT2D eigenvalue weighted by molar-refractivity contribution is 5.88. The standard InChI is InChI=1S/C25H36N4O4/c1-16(2)13-25(8,29(23(31)32)24(5,6)7)14-33-21-10-9-19(11-17(21)3)20-12-22(27-15-26-20)28-18(4)30/h9-12,15-16H,13-14H2,1-8H3,(H,31,32)(H,26,27,28,30). The monoisotopic (exact) mass is 456 g/mol. The molecule has 1 aromatic heterocycles. The minimum Gasteiger partial charge on any atom is -0.491 e. The number of hydrogen-bond donors (Lipinski definition) is 2. The zero-order chi connectivity index (χ0) is 25.0. The summed E-state index contributed by atoms with van der Waals surface area (Å²) in [7, 11) is 0. The van der Waals surface area contributed by atoms with Gasteiger partial charge in [0.25, 0.3) is 0 Å². The van der Waals surface area contributed by atoms with E-state index in [4.69, 9.17) is 4.74 Å². The molecule has 0 spiro atoms. The minimum absolute atomic E-state index is 0.199. The highest BCUT2D eigenvalue weighted by Gasteiger charge is 2.43. The van der Waals surface area contributed by atoms with Gasteiger partial charge in [-0.2, -0.15) is 0 Å². The van der Waals surface area contributed by atoms with Crippen molar-refractivity contribution in [3.63, 3.8) is 0 Å². The fourth-order valence-corrected chi connectivity index (χ4v) is 4.39. The molecule has 8 heteroatoms. The number of rotatable bonds is 8. The predicted octanol–water partition coefficient (Wildman–Crippen LogP) is 5.37. The number of nitrogens with zero attached hydrogens (tertiary/aromatic N) is 3. The van der Waals surface area contributed by atoms with Crippen molar-refractivity contribution in [2.24, 2.45) is 5.92 Å². The molecular formula is C25H36N4O4. The van der Waals surface area contributed by atoms with Crippen LogP contribution in [-0.2, 0) is 4.79 Å². The van der Waals surface area contributed by atoms with Crippen LogP contribution in [-0.4, -0.2) is 49.7 Å². The van der Waals surface area contributed by atoms with E-state index in [1.165, 1.54) is 18.2 Å². The summed E-state index contributed by atoms with van der Waals surface area (Å²) in [6.07, 6.45) is 1.12. The second-order valence-electron chi connectivity index (χ2n) is 10.1. The van der Waals surface area contributed by atoms with E-state index in [2.05, 4.69) is 29.1 Å². The Kier molecular flexibility index (Phi) is 8.06. The number of anilines is 1. The predicted molar refractivity (Wildman–Crippen MR) is 129 cm³/mol. The van der Waals surface area contributed by atoms with Crippen LogP contribution >= 0.6 is 0 Å². The molecule has 0 aliphatic heterocycles. The number of nitrogens with one attached hydrogen (secondary N) is 1. The zero-order valence-electron chi connectivity index (χ0n) is 20.9. The molecule has 1 atom stereocenters. The molecule has 2 aromatic rings. The van der Waals surface area contributed by atoms with Gasteiger partial charge in [-0.25, -0.2) is 14.8 Å². The Balaban J connectivity index is 2.29. The number of carbonyl (C=O) groups is 2. The van der Waals surface area contributed by atoms with Crippen molar-refractivity contribution in [2.45, 2.75) is 72.9 Å². The van der Waals surface area contributed by atoms with Crippen molar-refractivity contribution < 1.29 is 19.4 Å². The van der Waals surface area contributed by atoms with Crippen molar-refractivity contribution in [3.8, 4) is 17.0 Å². The Hall–Kier alpha value is -3.16. The van der Waals surface area contributed by atoms with Gasteiger partial charge in [0.1, 0.15) is 24.5 Å². The van der Waals surface area contributed by atoms with E-state index in [1.54, 1.807) is 6.07 Å². The summed E-state index contributed by atoms with van der Waals surface area (Å²) >= 11 is 0. The van der Waals surface area contributed by atoms with Crippen molar-refractivity contribution in [3.05, 3.63) is 36.2 Å². The van der Waals surface area contributed by atoms with Crippen molar-refractivity contribution in [1.82, 2.24) is 14.9 Å². The van der Waals surface area contributed by atoms with E-state index in [-0.39, 0.29) is 12.5 Å². The van der Waals surface area contributed by atoms with Crippen LogP contribution in [0.15, 0.2) is 30.6 Å². The fourth-order valence-electron chi connectivity index (χ4n) is 4.39. The maximum Gasteiger partial charge on any atom is 0.408 e. The van der Waals surface area contributed by atoms with Gasteiger partial charge in [-0.1, -0.05) is 13.8 Å². The molecule has 0 saturated carbocycles. The molecule has 8 nitrogen and oxygen atoms in total. The molecule has 0 aliphatic carbocycles. The molecule has 0 fully saturated rings. The summed E-state index contributed by atoms with van der Waals surface area (Å²) in [5.41, 5.74) is 1.16. The third-order valence-electron chi connectivity index (χ3n) is 5.23. The molecule has 2 amide bonds. The summed E-state index contributed by atoms with van der Waals surface area (Å²) in [5.74, 6) is 1.21. The number of amides is 2. The van der Waals surface area contributed by atoms with Gasteiger partial charge in [-0.3, -0.25) is 9.69 Å². The first-order valence-electron chi connectivity index (χ1n) is 11.1. The maximum atomic E-state index is 12.2. The van der Waals surface area contributed by atoms with E-state index >= 15 is 0 Å². The largest absolute Gasteiger partial charge is 0.491 e. The lowest BCUT2D eigenvalue weighted by Gasteiger charge is -2.47. The third kappa shape index (κ3) is 6.91. The zero-order valence-corrected chi connectivity index (χ0v) is 20.9. The third-order valence-corrected chi connectivity index (χ3v) is 5.23. The number of carboxylic acid groups (broad SMARTS) is 1. The lowest BCUT2D eigenvalue weighted by molar-refractivity contribution is -0.114. The van der Waals surface area contributed by atoms with E-state index in [1.807, 2.05) is 52.8 Å². The summed E-state index contributed by atoms with van der Waals surface area (Å²) in [6.45, 7) is 15.4. The summed E-state index contributed by atoms with van der Waals surface area (Å²) < 4.78 is 6.20. The fraction of sp³-hybridized carbons (Fsp3) is 0.520. The number of ether oxygens (including phenoxy) is 1. The number of benzene rings is 1. The van der Waals surface area contributed by atoms with Crippen LogP contribution in [0, 0.1) is 12.8 Å². The van der Waals surface area contributed by atoms with Crippen LogP contribution < -0.4 is 10.1 Å². The minimum atomic E-state index is -0.958. The smallest absolute Gasteiger partial charge is 0.408 e. The van der Waals surface area contributed by atoms with Gasteiger partial charge in [-0.15, -0.1) is 0 Å². The number of hydrogen-bond acceptors (Lipinski definition) is 5. The van der Waals surface area contributed by atoms with Gasteiger partial charge in [0, 0.05) is 24.1 Å². The molecule has 2 N–H and O–H groups in total. The second-order valence-corrected chi connectivity index (χ2v) is 10.1. The molecule has 0 aliphatic rings. The molecule has 2 rings (SSSR count). The normalized spacial score (nSPS) is 13.4. The van der Waals surface area contributed by atoms with Crippen LogP contribution in [0.2, 0.25) is 0 Å². The van der Waals surface area contributed by atoms with Crippen LogP contribution in [0.4, 0.5) is 10.6 Å². The first-order valence-corrected chi connectivity index (χ1v) is 11.1. The van der Waals surface area contributed by atoms with Gasteiger partial charge in [0.15, 0.2) is 0 Å². The first-order chi connectivity index (χ1) is 15.2. The van der Waals surface area contributed by atoms with Crippen molar-refractivity contribution in [2.75, 3.05) is 11.9 Å². The number of aromatic nitrogens is 2. The van der Waals surface area contributed by atoms with Crippen LogP contribution in [0.3, 0.4) is 0 Å². The molecule has 180 valence electrons. The Bertz CT molecular complexity index is 1000. The summed E-state index contributed by atoms with van der Waals surface area (Å²) in [4.78, 5) is 33.3. The molecular weight excluding hydrogens is 420 g/mol. The lowest BCUT2D eigenvalue weighted by Crippen LogP contribution is -2.61. The molecule has 1 unspecified atom stereocenters. The second kappa shape index (κ2) is 10.2. The van der Waals surface area contributed by atoms with E-state index in [0.29, 0.717) is 29.6 Å². The lowest BCUT2D eigenvalue weighted by atomic mass is 9.86. The quantitative estimate of drug-likeness (QED) is 0.553. The molecule has 0 saturated heterocycles. The Morgan fingerprint density at radius 2 is 1.82 bits per heavy atom. The van der Waals surface area contributed by atoms with Crippen LogP contribution in [0.25, 0.3) is 11.3 Å². The van der Waals surface area contributed by atoms with E-state index in [0.717, 1.165) is 11.1 Å². The number of aryl methyl sites for hydroxylation is 1. The van der Waals surface area contributed by atoms with Gasteiger partial charge in [0.05, 0.1) is 11.2 Å². The Morgan fingerprint density at radius 1 is 1.15 bits per heavy atom.